The SMILES string of the molecule is c1ccc(-c2cc(-c3cccc4c3oc3c4ccc4c3c3ccccc3n4-c3ccccc3)nc(-c3cccc4oc5ccccc5c34)c2)cc1. The van der Waals surface area contributed by atoms with Crippen LogP contribution < -0.4 is 0 Å². The number of benzene rings is 7. The maximum absolute atomic E-state index is 7.05. The summed E-state index contributed by atoms with van der Waals surface area (Å²) in [6, 6.07) is 59.3. The largest absolute Gasteiger partial charge is 0.456 e. The maximum Gasteiger partial charge on any atom is 0.145 e. The van der Waals surface area contributed by atoms with Gasteiger partial charge in [0, 0.05) is 43.7 Å². The van der Waals surface area contributed by atoms with Gasteiger partial charge in [-0.2, -0.15) is 0 Å². The number of nitrogens with zero attached hydrogens (tertiary/aromatic N) is 2. The molecular formula is C47H28N2O2. The molecule has 0 N–H and O–H groups in total. The first-order valence-corrected chi connectivity index (χ1v) is 17.2. The first kappa shape index (κ1) is 28.0. The van der Waals surface area contributed by atoms with Crippen LogP contribution in [-0.2, 0) is 0 Å². The van der Waals surface area contributed by atoms with E-state index in [2.05, 4.69) is 150 Å². The highest BCUT2D eigenvalue weighted by Crippen LogP contribution is 2.44. The van der Waals surface area contributed by atoms with E-state index in [1.165, 1.54) is 0 Å². The van der Waals surface area contributed by atoms with Crippen molar-refractivity contribution >= 4 is 65.7 Å². The number of pyridine rings is 1. The van der Waals surface area contributed by atoms with Gasteiger partial charge in [-0.3, -0.25) is 0 Å². The standard InChI is InChI=1S/C47H28N2O2/c1-3-13-29(14-4-1)30-27-38(34-20-12-24-43-44(34)37-18-8-10-23-42(37)50-43)48-39(28-30)35-21-11-19-32-33-25-26-41-45(47(33)51-46(32)35)36-17-7-9-22-40(36)49(41)31-15-5-2-6-16-31/h1-28H. The molecule has 11 rings (SSSR count). The third-order valence-corrected chi connectivity index (χ3v) is 10.2. The fourth-order valence-corrected chi connectivity index (χ4v) is 7.96. The van der Waals surface area contributed by atoms with E-state index in [0.29, 0.717) is 0 Å². The number of fused-ring (bicyclic) bond motifs is 10. The van der Waals surface area contributed by atoms with Crippen LogP contribution in [-0.4, -0.2) is 9.55 Å². The molecule has 0 amide bonds. The minimum absolute atomic E-state index is 0.826. The number of rotatable bonds is 4. The Bertz CT molecular complexity index is 3130. The van der Waals surface area contributed by atoms with E-state index < -0.39 is 0 Å². The second kappa shape index (κ2) is 10.8. The van der Waals surface area contributed by atoms with Crippen LogP contribution in [0, 0.1) is 0 Å². The van der Waals surface area contributed by atoms with Gasteiger partial charge in [0.05, 0.1) is 27.8 Å². The van der Waals surface area contributed by atoms with Crippen LogP contribution >= 0.6 is 0 Å². The fourth-order valence-electron chi connectivity index (χ4n) is 7.96. The molecule has 0 aliphatic rings. The third-order valence-electron chi connectivity index (χ3n) is 10.2. The average molecular weight is 653 g/mol. The van der Waals surface area contributed by atoms with E-state index in [9.17, 15) is 0 Å². The fraction of sp³-hybridized carbons (Fsp3) is 0. The maximum atomic E-state index is 7.05. The molecule has 0 aliphatic carbocycles. The molecule has 4 aromatic heterocycles. The Balaban J connectivity index is 1.20. The lowest BCUT2D eigenvalue weighted by Gasteiger charge is -2.11. The summed E-state index contributed by atoms with van der Waals surface area (Å²) in [5, 5.41) is 6.57. The number of hydrogen-bond donors (Lipinski definition) is 0. The van der Waals surface area contributed by atoms with Gasteiger partial charge in [-0.15, -0.1) is 0 Å². The van der Waals surface area contributed by atoms with Crippen LogP contribution in [0.4, 0.5) is 0 Å². The Morgan fingerprint density at radius 1 is 0.392 bits per heavy atom. The molecule has 0 fully saturated rings. The van der Waals surface area contributed by atoms with Gasteiger partial charge in [-0.05, 0) is 71.8 Å². The van der Waals surface area contributed by atoms with Crippen LogP contribution in [0.1, 0.15) is 0 Å². The Hall–Kier alpha value is -6.91. The quantitative estimate of drug-likeness (QED) is 0.190. The van der Waals surface area contributed by atoms with Crippen LogP contribution in [0.5, 0.6) is 0 Å². The zero-order valence-corrected chi connectivity index (χ0v) is 27.4. The Labute approximate surface area is 292 Å². The van der Waals surface area contributed by atoms with Crippen LogP contribution in [0.2, 0.25) is 0 Å². The summed E-state index contributed by atoms with van der Waals surface area (Å²) in [5.41, 5.74) is 12.7. The van der Waals surface area contributed by atoms with E-state index in [1.54, 1.807) is 0 Å². The minimum Gasteiger partial charge on any atom is -0.456 e. The van der Waals surface area contributed by atoms with E-state index in [-0.39, 0.29) is 0 Å². The van der Waals surface area contributed by atoms with E-state index in [0.717, 1.165) is 105 Å². The molecule has 0 spiro atoms. The summed E-state index contributed by atoms with van der Waals surface area (Å²) in [7, 11) is 0. The van der Waals surface area contributed by atoms with Crippen molar-refractivity contribution in [3.8, 4) is 39.3 Å². The lowest BCUT2D eigenvalue weighted by molar-refractivity contribution is 0.669. The van der Waals surface area contributed by atoms with Crippen LogP contribution in [0.25, 0.3) is 105 Å². The normalized spacial score (nSPS) is 11.9. The van der Waals surface area contributed by atoms with Gasteiger partial charge in [0.2, 0.25) is 0 Å². The lowest BCUT2D eigenvalue weighted by atomic mass is 9.97. The van der Waals surface area contributed by atoms with Crippen molar-refractivity contribution in [3.05, 3.63) is 170 Å². The van der Waals surface area contributed by atoms with Crippen molar-refractivity contribution in [2.75, 3.05) is 0 Å². The zero-order valence-electron chi connectivity index (χ0n) is 27.4. The molecular weight excluding hydrogens is 625 g/mol. The summed E-state index contributed by atoms with van der Waals surface area (Å²) >= 11 is 0. The highest BCUT2D eigenvalue weighted by Gasteiger charge is 2.21. The van der Waals surface area contributed by atoms with Crippen LogP contribution in [0.3, 0.4) is 0 Å². The van der Waals surface area contributed by atoms with Crippen molar-refractivity contribution in [2.24, 2.45) is 0 Å². The topological polar surface area (TPSA) is 44.1 Å². The molecule has 0 saturated carbocycles. The Morgan fingerprint density at radius 2 is 1.04 bits per heavy atom. The summed E-state index contributed by atoms with van der Waals surface area (Å²) < 4.78 is 15.7. The summed E-state index contributed by atoms with van der Waals surface area (Å²) in [5.74, 6) is 0. The van der Waals surface area contributed by atoms with Gasteiger partial charge in [0.15, 0.2) is 0 Å². The summed E-state index contributed by atoms with van der Waals surface area (Å²) in [4.78, 5) is 5.41. The van der Waals surface area contributed by atoms with Gasteiger partial charge in [-0.1, -0.05) is 109 Å². The third kappa shape index (κ3) is 4.17. The number of hydrogen-bond acceptors (Lipinski definition) is 3. The molecule has 0 aliphatic heterocycles. The van der Waals surface area contributed by atoms with Gasteiger partial charge >= 0.3 is 0 Å². The molecule has 0 saturated heterocycles. The Morgan fingerprint density at radius 3 is 1.90 bits per heavy atom. The number of aromatic nitrogens is 2. The smallest absolute Gasteiger partial charge is 0.145 e. The highest BCUT2D eigenvalue weighted by molar-refractivity contribution is 6.24. The highest BCUT2D eigenvalue weighted by atomic mass is 16.3. The monoisotopic (exact) mass is 652 g/mol. The second-order valence-corrected chi connectivity index (χ2v) is 13.1. The molecule has 11 aromatic rings. The van der Waals surface area contributed by atoms with Crippen molar-refractivity contribution in [2.45, 2.75) is 0 Å². The van der Waals surface area contributed by atoms with Crippen molar-refractivity contribution in [3.63, 3.8) is 0 Å². The van der Waals surface area contributed by atoms with Crippen LogP contribution in [0.15, 0.2) is 179 Å². The minimum atomic E-state index is 0.826. The molecule has 7 aromatic carbocycles. The first-order chi connectivity index (χ1) is 25.3. The molecule has 4 heteroatoms. The molecule has 4 heterocycles. The first-order valence-electron chi connectivity index (χ1n) is 17.2. The molecule has 0 bridgehead atoms. The van der Waals surface area contributed by atoms with Gasteiger partial charge in [0.25, 0.3) is 0 Å². The molecule has 0 radical (unpaired) electrons. The number of para-hydroxylation sites is 4. The van der Waals surface area contributed by atoms with E-state index in [4.69, 9.17) is 13.8 Å². The molecule has 238 valence electrons. The van der Waals surface area contributed by atoms with Gasteiger partial charge in [-0.25, -0.2) is 4.98 Å². The van der Waals surface area contributed by atoms with Gasteiger partial charge in [0.1, 0.15) is 22.3 Å². The van der Waals surface area contributed by atoms with E-state index in [1.807, 2.05) is 24.3 Å². The van der Waals surface area contributed by atoms with E-state index >= 15 is 0 Å². The van der Waals surface area contributed by atoms with Crippen molar-refractivity contribution in [1.82, 2.24) is 9.55 Å². The molecule has 0 unspecified atom stereocenters. The molecule has 51 heavy (non-hydrogen) atoms. The Kier molecular flexibility index (Phi) is 5.92. The lowest BCUT2D eigenvalue weighted by Crippen LogP contribution is -1.92. The summed E-state index contributed by atoms with van der Waals surface area (Å²) in [6.07, 6.45) is 0. The number of furan rings is 2. The predicted molar refractivity (Wildman–Crippen MR) is 209 cm³/mol. The van der Waals surface area contributed by atoms with Crippen molar-refractivity contribution < 1.29 is 8.83 Å². The van der Waals surface area contributed by atoms with Crippen molar-refractivity contribution in [1.29, 1.82) is 0 Å². The zero-order chi connectivity index (χ0) is 33.5. The molecule has 0 atom stereocenters. The molecule has 4 nitrogen and oxygen atoms in total. The summed E-state index contributed by atoms with van der Waals surface area (Å²) in [6.45, 7) is 0. The second-order valence-electron chi connectivity index (χ2n) is 13.1. The predicted octanol–water partition coefficient (Wildman–Crippen LogP) is 13.0. The average Bonchev–Trinajstić information content (AvgIpc) is 3.88. The van der Waals surface area contributed by atoms with Gasteiger partial charge < -0.3 is 13.4 Å².